The smallest absolute Gasteiger partial charge is 0.462 e. The van der Waals surface area contributed by atoms with Crippen molar-refractivity contribution in [2.24, 2.45) is 23.7 Å². The van der Waals surface area contributed by atoms with E-state index in [2.05, 4.69) is 55.4 Å². The number of rotatable bonds is 64. The van der Waals surface area contributed by atoms with Gasteiger partial charge in [0.05, 0.1) is 26.4 Å². The van der Waals surface area contributed by atoms with Crippen LogP contribution >= 0.6 is 15.6 Å². The van der Waals surface area contributed by atoms with Crippen molar-refractivity contribution in [3.8, 4) is 0 Å². The summed E-state index contributed by atoms with van der Waals surface area (Å²) in [6.45, 7) is 14.0. The van der Waals surface area contributed by atoms with Gasteiger partial charge in [0.1, 0.15) is 19.3 Å². The molecule has 0 aromatic carbocycles. The number of esters is 4. The number of aliphatic hydroxyl groups is 1. The van der Waals surface area contributed by atoms with Gasteiger partial charge in [-0.15, -0.1) is 0 Å². The molecule has 0 spiro atoms. The van der Waals surface area contributed by atoms with Crippen LogP contribution in [0.5, 0.6) is 0 Å². The molecule has 17 nitrogen and oxygen atoms in total. The van der Waals surface area contributed by atoms with E-state index >= 15 is 0 Å². The van der Waals surface area contributed by atoms with E-state index in [-0.39, 0.29) is 25.7 Å². The molecule has 3 N–H and O–H groups in total. The second-order valence-corrected chi connectivity index (χ2v) is 28.8. The molecule has 0 aromatic heterocycles. The fraction of sp³-hybridized carbons (Fsp3) is 0.940. The van der Waals surface area contributed by atoms with Crippen LogP contribution in [-0.4, -0.2) is 96.7 Å². The highest BCUT2D eigenvalue weighted by Gasteiger charge is 2.30. The zero-order valence-electron chi connectivity index (χ0n) is 55.9. The molecular weight excluding hydrogens is 1140 g/mol. The molecule has 0 aliphatic carbocycles. The van der Waals surface area contributed by atoms with Gasteiger partial charge in [-0.3, -0.25) is 37.3 Å². The van der Waals surface area contributed by atoms with Crippen molar-refractivity contribution in [3.05, 3.63) is 0 Å². The summed E-state index contributed by atoms with van der Waals surface area (Å²) in [4.78, 5) is 72.4. The summed E-state index contributed by atoms with van der Waals surface area (Å²) in [5, 5.41) is 10.6. The van der Waals surface area contributed by atoms with Crippen LogP contribution < -0.4 is 0 Å². The highest BCUT2D eigenvalue weighted by Crippen LogP contribution is 2.45. The maximum absolute atomic E-state index is 13.0. The molecule has 0 saturated heterocycles. The number of carbonyl (C=O) groups excluding carboxylic acids is 4. The Bertz CT molecular complexity index is 1720. The normalized spacial score (nSPS) is 14.7. The Morgan fingerprint density at radius 1 is 0.326 bits per heavy atom. The lowest BCUT2D eigenvalue weighted by atomic mass is 10.00. The minimum atomic E-state index is -4.95. The molecule has 86 heavy (non-hydrogen) atoms. The van der Waals surface area contributed by atoms with Crippen molar-refractivity contribution >= 4 is 39.5 Å². The third kappa shape index (κ3) is 59.7. The summed E-state index contributed by atoms with van der Waals surface area (Å²) >= 11 is 0. The van der Waals surface area contributed by atoms with Crippen molar-refractivity contribution in [2.75, 3.05) is 39.6 Å². The Hall–Kier alpha value is -1.94. The van der Waals surface area contributed by atoms with E-state index in [1.807, 2.05) is 0 Å². The molecule has 0 radical (unpaired) electrons. The topological polar surface area (TPSA) is 237 Å². The van der Waals surface area contributed by atoms with Gasteiger partial charge in [0, 0.05) is 25.7 Å². The van der Waals surface area contributed by atoms with Gasteiger partial charge in [0.2, 0.25) is 0 Å². The number of carbonyl (C=O) groups is 4. The van der Waals surface area contributed by atoms with Crippen molar-refractivity contribution in [1.29, 1.82) is 0 Å². The molecule has 0 aliphatic rings. The summed E-state index contributed by atoms with van der Waals surface area (Å²) in [5.74, 6) is 0.794. The molecule has 0 heterocycles. The average Bonchev–Trinajstić information content (AvgIpc) is 3.53. The molecule has 19 heteroatoms. The maximum atomic E-state index is 13.0. The summed E-state index contributed by atoms with van der Waals surface area (Å²) < 4.78 is 68.1. The first-order chi connectivity index (χ1) is 41.1. The third-order valence-electron chi connectivity index (χ3n) is 15.7. The summed E-state index contributed by atoms with van der Waals surface area (Å²) in [5.41, 5.74) is 0. The second kappa shape index (κ2) is 57.0. The molecule has 3 unspecified atom stereocenters. The predicted molar refractivity (Wildman–Crippen MR) is 344 cm³/mol. The number of phosphoric acid groups is 2. The quantitative estimate of drug-likeness (QED) is 0.0222. The molecule has 0 aromatic rings. The van der Waals surface area contributed by atoms with E-state index in [4.69, 9.17) is 37.0 Å². The summed E-state index contributed by atoms with van der Waals surface area (Å²) in [6, 6.07) is 0. The Morgan fingerprint density at radius 2 is 0.558 bits per heavy atom. The number of phosphoric ester groups is 2. The minimum Gasteiger partial charge on any atom is -0.462 e. The van der Waals surface area contributed by atoms with Crippen LogP contribution in [0.1, 0.15) is 325 Å². The lowest BCUT2D eigenvalue weighted by Gasteiger charge is -2.21. The van der Waals surface area contributed by atoms with Crippen LogP contribution in [0.15, 0.2) is 0 Å². The van der Waals surface area contributed by atoms with Crippen molar-refractivity contribution in [1.82, 2.24) is 0 Å². The van der Waals surface area contributed by atoms with E-state index < -0.39 is 97.5 Å². The van der Waals surface area contributed by atoms with Gasteiger partial charge in [-0.05, 0) is 49.4 Å². The minimum absolute atomic E-state index is 0.103. The van der Waals surface area contributed by atoms with Crippen LogP contribution in [0.4, 0.5) is 0 Å². The second-order valence-electron chi connectivity index (χ2n) is 25.9. The standard InChI is InChI=1S/C67H130O17P2/c1-9-60(8)46-38-30-25-26-32-40-48-65(70)78-54-63(84-67(72)50-42-34-23-17-16-20-28-36-44-58(4)5)56-82-86(75,76)80-52-61(68)51-79-85(73,74)81-55-62(53-77-64(69)47-39-31-24-18-21-29-37-45-59(6)7)83-66(71)49-41-33-22-15-13-11-10-12-14-19-27-35-43-57(2)3/h57-63,68H,9-56H2,1-8H3,(H,73,74)(H,75,76)/t60?,61-,62-,63-/m1/s1. The Morgan fingerprint density at radius 3 is 0.826 bits per heavy atom. The third-order valence-corrected chi connectivity index (χ3v) is 17.6. The molecule has 0 bridgehead atoms. The molecule has 0 rings (SSSR count). The summed E-state index contributed by atoms with van der Waals surface area (Å²) in [7, 11) is -9.90. The zero-order valence-corrected chi connectivity index (χ0v) is 57.7. The SMILES string of the molecule is CCC(C)CCCCCCCCC(=O)OC[C@H](COP(=O)(O)OC[C@H](O)COP(=O)(O)OC[C@@H](COC(=O)CCCCCCCCCC(C)C)OC(=O)CCCCCCCCCCCCCCC(C)C)OC(=O)CCCCCCCCCCC(C)C. The van der Waals surface area contributed by atoms with E-state index in [1.54, 1.807) is 0 Å². The molecule has 0 saturated carbocycles. The first-order valence-electron chi connectivity index (χ1n) is 34.7. The molecule has 0 fully saturated rings. The highest BCUT2D eigenvalue weighted by atomic mass is 31.2. The van der Waals surface area contributed by atoms with Gasteiger partial charge in [-0.1, -0.05) is 274 Å². The lowest BCUT2D eigenvalue weighted by Crippen LogP contribution is -2.30. The van der Waals surface area contributed by atoms with Gasteiger partial charge in [0.15, 0.2) is 12.2 Å². The Kier molecular flexibility index (Phi) is 55.7. The van der Waals surface area contributed by atoms with Crippen molar-refractivity contribution in [3.63, 3.8) is 0 Å². The predicted octanol–water partition coefficient (Wildman–Crippen LogP) is 18.5. The van der Waals surface area contributed by atoms with Crippen LogP contribution in [-0.2, 0) is 65.4 Å². The van der Waals surface area contributed by atoms with Gasteiger partial charge < -0.3 is 33.8 Å². The van der Waals surface area contributed by atoms with Crippen LogP contribution in [0, 0.1) is 23.7 Å². The van der Waals surface area contributed by atoms with Gasteiger partial charge in [-0.25, -0.2) is 9.13 Å². The average molecular weight is 1270 g/mol. The van der Waals surface area contributed by atoms with Gasteiger partial charge >= 0.3 is 39.5 Å². The molecule has 510 valence electrons. The van der Waals surface area contributed by atoms with Gasteiger partial charge in [0.25, 0.3) is 0 Å². The van der Waals surface area contributed by atoms with E-state index in [0.29, 0.717) is 31.6 Å². The summed E-state index contributed by atoms with van der Waals surface area (Å²) in [6.07, 6.45) is 37.7. The lowest BCUT2D eigenvalue weighted by molar-refractivity contribution is -0.161. The number of hydrogen-bond donors (Lipinski definition) is 3. The van der Waals surface area contributed by atoms with Crippen LogP contribution in [0.2, 0.25) is 0 Å². The van der Waals surface area contributed by atoms with Crippen molar-refractivity contribution in [2.45, 2.75) is 343 Å². The zero-order chi connectivity index (χ0) is 63.9. The largest absolute Gasteiger partial charge is 0.472 e. The Balaban J connectivity index is 5.25. The molecule has 0 amide bonds. The maximum Gasteiger partial charge on any atom is 0.472 e. The highest BCUT2D eigenvalue weighted by molar-refractivity contribution is 7.47. The van der Waals surface area contributed by atoms with Crippen LogP contribution in [0.3, 0.4) is 0 Å². The van der Waals surface area contributed by atoms with Gasteiger partial charge in [-0.2, -0.15) is 0 Å². The monoisotopic (exact) mass is 1270 g/mol. The molecule has 6 atom stereocenters. The van der Waals surface area contributed by atoms with E-state index in [1.165, 1.54) is 116 Å². The molecular formula is C67H130O17P2. The number of unbranched alkanes of at least 4 members (excludes halogenated alkanes) is 29. The van der Waals surface area contributed by atoms with E-state index in [0.717, 1.165) is 120 Å². The first-order valence-corrected chi connectivity index (χ1v) is 37.7. The first kappa shape index (κ1) is 84.1. The number of aliphatic hydroxyl groups excluding tert-OH is 1. The van der Waals surface area contributed by atoms with Crippen molar-refractivity contribution < 1.29 is 80.2 Å². The fourth-order valence-corrected chi connectivity index (χ4v) is 11.5. The Labute approximate surface area is 524 Å². The van der Waals surface area contributed by atoms with E-state index in [9.17, 15) is 43.2 Å². The fourth-order valence-electron chi connectivity index (χ4n) is 9.93. The molecule has 0 aliphatic heterocycles. The van der Waals surface area contributed by atoms with Crippen LogP contribution in [0.25, 0.3) is 0 Å². The number of hydrogen-bond acceptors (Lipinski definition) is 15. The number of ether oxygens (including phenoxy) is 4.